The maximum Gasteiger partial charge on any atom is 0.335 e. The molecule has 5 heterocycles. The molecule has 0 saturated carbocycles. The fraction of sp³-hybridized carbons (Fsp3) is 0.233. The molecule has 3 aromatic heterocycles. The number of aromatic nitrogens is 5. The van der Waals surface area contributed by atoms with E-state index in [9.17, 15) is 14.3 Å². The van der Waals surface area contributed by atoms with Gasteiger partial charge < -0.3 is 19.3 Å². The molecule has 5 aromatic rings. The van der Waals surface area contributed by atoms with Gasteiger partial charge in [0.1, 0.15) is 24.1 Å². The number of hydrogen-bond acceptors (Lipinski definition) is 9. The summed E-state index contributed by atoms with van der Waals surface area (Å²) < 4.78 is 21.9. The highest BCUT2D eigenvalue weighted by Crippen LogP contribution is 2.31. The van der Waals surface area contributed by atoms with Gasteiger partial charge in [-0.1, -0.05) is 17.7 Å². The second-order valence-electron chi connectivity index (χ2n) is 10.5. The number of halogens is 2. The van der Waals surface area contributed by atoms with Gasteiger partial charge in [-0.15, -0.1) is 11.3 Å². The molecule has 2 aromatic carbocycles. The normalized spacial score (nSPS) is 15.1. The van der Waals surface area contributed by atoms with Crippen LogP contribution in [0.2, 0.25) is 5.02 Å². The van der Waals surface area contributed by atoms with Crippen LogP contribution in [0.15, 0.2) is 71.5 Å². The molecule has 7 rings (SSSR count). The first-order valence-corrected chi connectivity index (χ1v) is 14.8. The van der Waals surface area contributed by atoms with Gasteiger partial charge in [-0.25, -0.2) is 19.2 Å². The van der Waals surface area contributed by atoms with Crippen LogP contribution >= 0.6 is 22.9 Å². The van der Waals surface area contributed by atoms with Crippen LogP contribution in [0.3, 0.4) is 0 Å². The zero-order valence-corrected chi connectivity index (χ0v) is 24.4. The number of ether oxygens (including phenoxy) is 1. The minimum Gasteiger partial charge on any atom is -0.478 e. The van der Waals surface area contributed by atoms with Crippen LogP contribution in [-0.4, -0.2) is 66.7 Å². The molecule has 13 heteroatoms. The molecule has 0 atom stereocenters. The van der Waals surface area contributed by atoms with E-state index in [1.807, 2.05) is 12.3 Å². The number of carboxylic acids is 1. The first kappa shape index (κ1) is 27.4. The van der Waals surface area contributed by atoms with Crippen molar-refractivity contribution in [2.75, 3.05) is 31.1 Å². The van der Waals surface area contributed by atoms with Crippen molar-refractivity contribution >= 4 is 45.8 Å². The van der Waals surface area contributed by atoms with E-state index in [2.05, 4.69) is 29.3 Å². The summed E-state index contributed by atoms with van der Waals surface area (Å²) in [7, 11) is 0. The van der Waals surface area contributed by atoms with Gasteiger partial charge in [-0.3, -0.25) is 9.88 Å². The number of carboxylic acid groups (broad SMARTS) is 1. The summed E-state index contributed by atoms with van der Waals surface area (Å²) in [6, 6.07) is 11.6. The van der Waals surface area contributed by atoms with E-state index < -0.39 is 11.8 Å². The van der Waals surface area contributed by atoms with Crippen molar-refractivity contribution in [3.8, 4) is 6.01 Å². The third-order valence-electron chi connectivity index (χ3n) is 7.64. The average Bonchev–Trinajstić information content (AvgIpc) is 3.78. The van der Waals surface area contributed by atoms with Crippen LogP contribution in [0.4, 0.5) is 10.2 Å². The lowest BCUT2D eigenvalue weighted by Gasteiger charge is -2.23. The number of imidazole rings is 1. The molecule has 0 fully saturated rings. The molecule has 2 aliphatic heterocycles. The predicted octanol–water partition coefficient (Wildman–Crippen LogP) is 5.03. The summed E-state index contributed by atoms with van der Waals surface area (Å²) in [5, 5.41) is 9.87. The number of thiazole rings is 1. The molecule has 43 heavy (non-hydrogen) atoms. The van der Waals surface area contributed by atoms with E-state index in [-0.39, 0.29) is 18.2 Å². The monoisotopic (exact) mass is 617 g/mol. The fourth-order valence-electron chi connectivity index (χ4n) is 5.57. The molecule has 0 amide bonds. The Hall–Kier alpha value is -4.39. The minimum absolute atomic E-state index is 0.00154. The van der Waals surface area contributed by atoms with Crippen LogP contribution in [0, 0.1) is 5.82 Å². The van der Waals surface area contributed by atoms with Crippen molar-refractivity contribution in [2.45, 2.75) is 19.7 Å². The van der Waals surface area contributed by atoms with Gasteiger partial charge in [-0.2, -0.15) is 4.98 Å². The summed E-state index contributed by atoms with van der Waals surface area (Å²) in [4.78, 5) is 35.1. The Kier molecular flexibility index (Phi) is 7.25. The predicted molar refractivity (Wildman–Crippen MR) is 160 cm³/mol. The zero-order chi connectivity index (χ0) is 29.5. The van der Waals surface area contributed by atoms with E-state index in [4.69, 9.17) is 21.3 Å². The lowest BCUT2D eigenvalue weighted by molar-refractivity contribution is 0.0697. The van der Waals surface area contributed by atoms with Gasteiger partial charge in [0.05, 0.1) is 35.2 Å². The van der Waals surface area contributed by atoms with E-state index in [1.165, 1.54) is 17.2 Å². The fourth-order valence-corrected chi connectivity index (χ4v) is 6.31. The summed E-state index contributed by atoms with van der Waals surface area (Å²) in [5.41, 5.74) is 6.69. The topological polar surface area (TPSA) is 110 Å². The number of fused-ring (bicyclic) bond motifs is 1. The number of rotatable bonds is 9. The molecule has 0 saturated heterocycles. The van der Waals surface area contributed by atoms with Crippen LogP contribution in [0.25, 0.3) is 11.0 Å². The van der Waals surface area contributed by atoms with Crippen molar-refractivity contribution in [1.29, 1.82) is 0 Å². The van der Waals surface area contributed by atoms with Crippen molar-refractivity contribution in [2.24, 2.45) is 0 Å². The third-order valence-corrected chi connectivity index (χ3v) is 8.64. The lowest BCUT2D eigenvalue weighted by atomic mass is 10.2. The quantitative estimate of drug-likeness (QED) is 0.228. The second-order valence-corrected chi connectivity index (χ2v) is 11.9. The molecular weight excluding hydrogens is 593 g/mol. The van der Waals surface area contributed by atoms with Crippen molar-refractivity contribution in [3.05, 3.63) is 104 Å². The first-order valence-electron chi connectivity index (χ1n) is 13.6. The van der Waals surface area contributed by atoms with E-state index in [1.54, 1.807) is 53.4 Å². The largest absolute Gasteiger partial charge is 0.478 e. The number of nitrogens with zero attached hydrogens (tertiary/aromatic N) is 7. The zero-order valence-electron chi connectivity index (χ0n) is 22.8. The summed E-state index contributed by atoms with van der Waals surface area (Å²) in [6.07, 6.45) is 3.48. The van der Waals surface area contributed by atoms with Crippen molar-refractivity contribution in [1.82, 2.24) is 29.4 Å². The standard InChI is InChI=1S/C30H25ClFN7O3S/c31-22-3-1-19(24(32)8-22)16-42-30-34-6-5-27(36-30)38-12-20-10-37(11-21(20)13-38)15-28-35-25-4-2-18(29(40)41)7-26(25)39(28)14-23-9-33-17-43-23/h1-9,17H,10-16H2,(H,40,41). The minimum atomic E-state index is -0.962. The molecule has 218 valence electrons. The van der Waals surface area contributed by atoms with E-state index in [0.717, 1.165) is 53.7 Å². The van der Waals surface area contributed by atoms with Crippen LogP contribution < -0.4 is 9.64 Å². The highest BCUT2D eigenvalue weighted by molar-refractivity contribution is 7.09. The number of carbonyl (C=O) groups is 1. The van der Waals surface area contributed by atoms with Crippen LogP contribution in [-0.2, 0) is 19.7 Å². The molecular formula is C30H25ClFN7O3S. The molecule has 0 aliphatic carbocycles. The summed E-state index contributed by atoms with van der Waals surface area (Å²) in [6.45, 7) is 4.32. The van der Waals surface area contributed by atoms with Gasteiger partial charge in [0.25, 0.3) is 0 Å². The van der Waals surface area contributed by atoms with Gasteiger partial charge in [0.2, 0.25) is 0 Å². The Morgan fingerprint density at radius 2 is 1.88 bits per heavy atom. The Morgan fingerprint density at radius 1 is 1.05 bits per heavy atom. The van der Waals surface area contributed by atoms with Crippen molar-refractivity contribution < 1.29 is 19.0 Å². The Balaban J connectivity index is 1.02. The van der Waals surface area contributed by atoms with Crippen LogP contribution in [0.5, 0.6) is 6.01 Å². The summed E-state index contributed by atoms with van der Waals surface area (Å²) in [5.74, 6) is 0.246. The number of benzene rings is 2. The average molecular weight is 618 g/mol. The molecule has 1 N–H and O–H groups in total. The van der Waals surface area contributed by atoms with E-state index >= 15 is 0 Å². The maximum absolute atomic E-state index is 14.1. The molecule has 0 radical (unpaired) electrons. The Labute approximate surface area is 254 Å². The number of aromatic carboxylic acids is 1. The summed E-state index contributed by atoms with van der Waals surface area (Å²) >= 11 is 7.40. The number of hydrogen-bond donors (Lipinski definition) is 1. The van der Waals surface area contributed by atoms with E-state index in [0.29, 0.717) is 23.7 Å². The van der Waals surface area contributed by atoms with Gasteiger partial charge in [0, 0.05) is 54.0 Å². The molecule has 0 spiro atoms. The molecule has 10 nitrogen and oxygen atoms in total. The van der Waals surface area contributed by atoms with Crippen molar-refractivity contribution in [3.63, 3.8) is 0 Å². The van der Waals surface area contributed by atoms with Gasteiger partial charge in [-0.05, 0) is 47.5 Å². The Bertz CT molecular complexity index is 1860. The highest BCUT2D eigenvalue weighted by atomic mass is 35.5. The molecule has 0 unspecified atom stereocenters. The SMILES string of the molecule is O=C(O)c1ccc2nc(CN3CC4=C(C3)CN(c3ccnc(OCc5ccc(Cl)cc5F)n3)C4)n(Cc3cncs3)c2c1. The molecule has 2 aliphatic rings. The first-order chi connectivity index (χ1) is 20.9. The highest BCUT2D eigenvalue weighted by Gasteiger charge is 2.31. The van der Waals surface area contributed by atoms with Gasteiger partial charge >= 0.3 is 12.0 Å². The lowest BCUT2D eigenvalue weighted by Crippen LogP contribution is -2.30. The maximum atomic E-state index is 14.1. The number of anilines is 1. The molecule has 0 bridgehead atoms. The second kappa shape index (κ2) is 11.4. The van der Waals surface area contributed by atoms with Gasteiger partial charge in [0.15, 0.2) is 0 Å². The third kappa shape index (κ3) is 5.68. The Morgan fingerprint density at radius 3 is 2.63 bits per heavy atom. The van der Waals surface area contributed by atoms with Crippen LogP contribution in [0.1, 0.15) is 26.6 Å². The smallest absolute Gasteiger partial charge is 0.335 e.